The summed E-state index contributed by atoms with van der Waals surface area (Å²) in [7, 11) is 0. The Morgan fingerprint density at radius 2 is 1.89 bits per heavy atom. The number of hydrogen-bond donors (Lipinski definition) is 3. The zero-order valence-electron chi connectivity index (χ0n) is 11.0. The van der Waals surface area contributed by atoms with E-state index in [-0.39, 0.29) is 0 Å². The largest absolute Gasteiger partial charge is 0.466 e. The number of rotatable bonds is 7. The summed E-state index contributed by atoms with van der Waals surface area (Å²) in [4.78, 5) is 8.27. The van der Waals surface area contributed by atoms with Gasteiger partial charge in [-0.3, -0.25) is 0 Å². The summed E-state index contributed by atoms with van der Waals surface area (Å²) < 4.78 is 5.50. The van der Waals surface area contributed by atoms with Gasteiger partial charge in [0.1, 0.15) is 29.5 Å². The summed E-state index contributed by atoms with van der Waals surface area (Å²) in [6.07, 6.45) is 2.35. The van der Waals surface area contributed by atoms with Crippen molar-refractivity contribution >= 4 is 11.6 Å². The van der Waals surface area contributed by atoms with Crippen LogP contribution in [0.2, 0.25) is 0 Å². The van der Waals surface area contributed by atoms with Gasteiger partial charge in [0, 0.05) is 32.1 Å². The fraction of sp³-hybridized carbons (Fsp3) is 0.385. The van der Waals surface area contributed by atoms with E-state index in [2.05, 4.69) is 20.6 Å². The normalized spacial score (nSPS) is 10.4. The van der Waals surface area contributed by atoms with Gasteiger partial charge < -0.3 is 20.8 Å². The van der Waals surface area contributed by atoms with Crippen LogP contribution in [0.3, 0.4) is 0 Å². The predicted molar refractivity (Wildman–Crippen MR) is 75.2 cm³/mol. The summed E-state index contributed by atoms with van der Waals surface area (Å²) in [6, 6.07) is 5.82. The molecule has 0 saturated heterocycles. The maximum absolute atomic E-state index is 5.50. The Morgan fingerprint density at radius 3 is 2.53 bits per heavy atom. The fourth-order valence-electron chi connectivity index (χ4n) is 1.68. The van der Waals surface area contributed by atoms with Gasteiger partial charge in [-0.25, -0.2) is 9.97 Å². The molecule has 0 fully saturated rings. The number of aromatic nitrogens is 2. The first kappa shape index (κ1) is 13.4. The maximum atomic E-state index is 5.50. The summed E-state index contributed by atoms with van der Waals surface area (Å²) in [5.74, 6) is 3.47. The standard InChI is InChI=1S/C13H19N5O/c1-10-2-3-11(19-10)4-6-15-12-8-13(16-7-5-14)18-9-17-12/h2-3,8-9H,4-7,14H2,1H3,(H2,15,16,17,18). The number of nitrogens with zero attached hydrogens (tertiary/aromatic N) is 2. The minimum atomic E-state index is 0.574. The molecule has 4 N–H and O–H groups in total. The molecular weight excluding hydrogens is 242 g/mol. The number of anilines is 2. The Hall–Kier alpha value is -2.08. The van der Waals surface area contributed by atoms with Crippen LogP contribution in [0.15, 0.2) is 28.9 Å². The highest BCUT2D eigenvalue weighted by Crippen LogP contribution is 2.10. The van der Waals surface area contributed by atoms with Crippen LogP contribution in [0.1, 0.15) is 11.5 Å². The highest BCUT2D eigenvalue weighted by Gasteiger charge is 2.00. The van der Waals surface area contributed by atoms with Crippen molar-refractivity contribution in [2.45, 2.75) is 13.3 Å². The molecule has 0 unspecified atom stereocenters. The quantitative estimate of drug-likeness (QED) is 0.698. The van der Waals surface area contributed by atoms with Gasteiger partial charge in [0.15, 0.2) is 0 Å². The van der Waals surface area contributed by atoms with Gasteiger partial charge in [0.05, 0.1) is 0 Å². The van der Waals surface area contributed by atoms with E-state index in [1.165, 1.54) is 6.33 Å². The van der Waals surface area contributed by atoms with Crippen LogP contribution >= 0.6 is 0 Å². The molecule has 0 aliphatic carbocycles. The fourth-order valence-corrected chi connectivity index (χ4v) is 1.68. The van der Waals surface area contributed by atoms with E-state index < -0.39 is 0 Å². The van der Waals surface area contributed by atoms with Crippen LogP contribution in [0.4, 0.5) is 11.6 Å². The molecule has 102 valence electrons. The summed E-state index contributed by atoms with van der Waals surface area (Å²) >= 11 is 0. The van der Waals surface area contributed by atoms with Crippen LogP contribution in [-0.4, -0.2) is 29.6 Å². The number of nitrogens with two attached hydrogens (primary N) is 1. The van der Waals surface area contributed by atoms with Gasteiger partial charge >= 0.3 is 0 Å². The number of aryl methyl sites for hydroxylation is 1. The van der Waals surface area contributed by atoms with Crippen molar-refractivity contribution in [2.75, 3.05) is 30.3 Å². The highest BCUT2D eigenvalue weighted by molar-refractivity contribution is 5.46. The van der Waals surface area contributed by atoms with Crippen molar-refractivity contribution < 1.29 is 4.42 Å². The Morgan fingerprint density at radius 1 is 1.16 bits per heavy atom. The zero-order valence-corrected chi connectivity index (χ0v) is 11.0. The Bertz CT molecular complexity index is 511. The first-order valence-electron chi connectivity index (χ1n) is 6.33. The number of furan rings is 1. The Labute approximate surface area is 112 Å². The Kier molecular flexibility index (Phi) is 4.74. The van der Waals surface area contributed by atoms with E-state index in [1.807, 2.05) is 25.1 Å². The first-order chi connectivity index (χ1) is 9.28. The average Bonchev–Trinajstić information content (AvgIpc) is 2.83. The molecule has 19 heavy (non-hydrogen) atoms. The van der Waals surface area contributed by atoms with Gasteiger partial charge in [-0.2, -0.15) is 0 Å². The topological polar surface area (TPSA) is 89.0 Å². The van der Waals surface area contributed by atoms with Crippen molar-refractivity contribution in [1.82, 2.24) is 9.97 Å². The average molecular weight is 261 g/mol. The van der Waals surface area contributed by atoms with Crippen molar-refractivity contribution in [3.05, 3.63) is 36.0 Å². The van der Waals surface area contributed by atoms with E-state index in [0.717, 1.165) is 36.1 Å². The smallest absolute Gasteiger partial charge is 0.131 e. The lowest BCUT2D eigenvalue weighted by atomic mass is 10.3. The molecule has 2 heterocycles. The lowest BCUT2D eigenvalue weighted by Gasteiger charge is -2.07. The van der Waals surface area contributed by atoms with Crippen LogP contribution in [-0.2, 0) is 6.42 Å². The van der Waals surface area contributed by atoms with Crippen LogP contribution in [0, 0.1) is 6.92 Å². The molecule has 0 bridgehead atoms. The van der Waals surface area contributed by atoms with Gasteiger partial charge in [0.2, 0.25) is 0 Å². The van der Waals surface area contributed by atoms with E-state index in [4.69, 9.17) is 10.2 Å². The first-order valence-corrected chi connectivity index (χ1v) is 6.33. The Balaban J connectivity index is 1.82. The second kappa shape index (κ2) is 6.75. The molecule has 0 aromatic carbocycles. The highest BCUT2D eigenvalue weighted by atomic mass is 16.3. The van der Waals surface area contributed by atoms with Crippen LogP contribution in [0.5, 0.6) is 0 Å². The van der Waals surface area contributed by atoms with E-state index in [1.54, 1.807) is 0 Å². The van der Waals surface area contributed by atoms with Gasteiger partial charge in [0.25, 0.3) is 0 Å². The second-order valence-electron chi connectivity index (χ2n) is 4.19. The molecule has 2 aromatic rings. The molecule has 0 atom stereocenters. The third-order valence-electron chi connectivity index (χ3n) is 2.59. The molecule has 6 nitrogen and oxygen atoms in total. The van der Waals surface area contributed by atoms with Gasteiger partial charge in [-0.1, -0.05) is 0 Å². The van der Waals surface area contributed by atoms with Crippen LogP contribution in [0.25, 0.3) is 0 Å². The van der Waals surface area contributed by atoms with E-state index in [0.29, 0.717) is 13.1 Å². The minimum Gasteiger partial charge on any atom is -0.466 e. The SMILES string of the molecule is Cc1ccc(CCNc2cc(NCCN)ncn2)o1. The lowest BCUT2D eigenvalue weighted by molar-refractivity contribution is 0.486. The molecule has 2 rings (SSSR count). The number of hydrogen-bond acceptors (Lipinski definition) is 6. The second-order valence-corrected chi connectivity index (χ2v) is 4.19. The molecule has 0 aliphatic heterocycles. The van der Waals surface area contributed by atoms with Crippen molar-refractivity contribution in [3.8, 4) is 0 Å². The lowest BCUT2D eigenvalue weighted by Crippen LogP contribution is -2.14. The molecule has 0 spiro atoms. The van der Waals surface area contributed by atoms with Crippen molar-refractivity contribution in [2.24, 2.45) is 5.73 Å². The maximum Gasteiger partial charge on any atom is 0.131 e. The molecule has 0 aliphatic rings. The summed E-state index contributed by atoms with van der Waals surface area (Å²) in [5.41, 5.74) is 5.43. The molecule has 0 saturated carbocycles. The van der Waals surface area contributed by atoms with Gasteiger partial charge in [-0.05, 0) is 19.1 Å². The molecule has 6 heteroatoms. The summed E-state index contributed by atoms with van der Waals surface area (Å²) in [5, 5.41) is 6.35. The van der Waals surface area contributed by atoms with E-state index in [9.17, 15) is 0 Å². The monoisotopic (exact) mass is 261 g/mol. The molecule has 0 amide bonds. The third-order valence-corrected chi connectivity index (χ3v) is 2.59. The summed E-state index contributed by atoms with van der Waals surface area (Å²) in [6.45, 7) is 3.98. The van der Waals surface area contributed by atoms with Crippen molar-refractivity contribution in [1.29, 1.82) is 0 Å². The van der Waals surface area contributed by atoms with Gasteiger partial charge in [-0.15, -0.1) is 0 Å². The third kappa shape index (κ3) is 4.26. The molecule has 0 radical (unpaired) electrons. The number of nitrogens with one attached hydrogen (secondary N) is 2. The van der Waals surface area contributed by atoms with Crippen molar-refractivity contribution in [3.63, 3.8) is 0 Å². The predicted octanol–water partition coefficient (Wildman–Crippen LogP) is 1.40. The molecule has 2 aromatic heterocycles. The van der Waals surface area contributed by atoms with E-state index >= 15 is 0 Å². The van der Waals surface area contributed by atoms with Crippen LogP contribution < -0.4 is 16.4 Å². The zero-order chi connectivity index (χ0) is 13.5. The minimum absolute atomic E-state index is 0.574. The molecular formula is C13H19N5O.